The molecular weight excluding hydrogens is 361 g/mol. The van der Waals surface area contributed by atoms with Crippen molar-refractivity contribution in [2.24, 2.45) is 5.92 Å². The van der Waals surface area contributed by atoms with Gasteiger partial charge in [0.1, 0.15) is 12.2 Å². The van der Waals surface area contributed by atoms with Gasteiger partial charge in [0.15, 0.2) is 5.82 Å². The number of fused-ring (bicyclic) bond motifs is 3. The van der Waals surface area contributed by atoms with Crippen LogP contribution in [0.1, 0.15) is 6.42 Å². The van der Waals surface area contributed by atoms with Crippen molar-refractivity contribution in [3.05, 3.63) is 24.7 Å². The van der Waals surface area contributed by atoms with Crippen molar-refractivity contribution in [3.63, 3.8) is 0 Å². The van der Waals surface area contributed by atoms with Gasteiger partial charge in [0, 0.05) is 48.7 Å². The Labute approximate surface area is 152 Å². The summed E-state index contributed by atoms with van der Waals surface area (Å²) in [7, 11) is 1.19. The third-order valence-electron chi connectivity index (χ3n) is 4.82. The number of carbonyl (C=O) groups excluding carboxylic acids is 1. The average molecular weight is 378 g/mol. The normalized spacial score (nSPS) is 17.8. The number of carbonyl (C=O) groups is 1. The number of nitrogens with one attached hydrogen (secondary N) is 1. The lowest BCUT2D eigenvalue weighted by atomic mass is 10.1. The average Bonchev–Trinajstić information content (AvgIpc) is 3.28. The number of H-pyrrole nitrogens is 1. The number of rotatable bonds is 3. The predicted molar refractivity (Wildman–Crippen MR) is 93.2 cm³/mol. The van der Waals surface area contributed by atoms with Crippen LogP contribution in [0.4, 0.5) is 19.0 Å². The molecule has 0 aromatic carbocycles. The summed E-state index contributed by atoms with van der Waals surface area (Å²) >= 11 is 0. The Morgan fingerprint density at radius 1 is 1.41 bits per heavy atom. The summed E-state index contributed by atoms with van der Waals surface area (Å²) in [5, 5.41) is 10.8. The molecule has 1 amide bonds. The highest BCUT2D eigenvalue weighted by atomic mass is 19.4. The van der Waals surface area contributed by atoms with Crippen LogP contribution in [0.25, 0.3) is 21.8 Å². The molecular formula is C17H17F3N6O. The number of hydrogen-bond acceptors (Lipinski definition) is 5. The smallest absolute Gasteiger partial charge is 0.354 e. The standard InChI is InChI=1S/C17H17F3N6O/c1-25(9-17(18,19)20)16(27)10-3-5-26(8-10)15-13-11(7-23-24-15)6-22-14-12(13)2-4-21-14/h2,4,6-7,10H,3,5,8-9H2,1H3,(H,21,22). The number of aromatic nitrogens is 4. The van der Waals surface area contributed by atoms with Crippen LogP contribution in [0.3, 0.4) is 0 Å². The molecule has 4 rings (SSSR count). The molecule has 1 unspecified atom stereocenters. The molecule has 1 N–H and O–H groups in total. The first kappa shape index (κ1) is 17.5. The molecule has 0 aliphatic carbocycles. The van der Waals surface area contributed by atoms with Gasteiger partial charge >= 0.3 is 6.18 Å². The van der Waals surface area contributed by atoms with E-state index in [1.165, 1.54) is 7.05 Å². The lowest BCUT2D eigenvalue weighted by molar-refractivity contribution is -0.160. The summed E-state index contributed by atoms with van der Waals surface area (Å²) in [5.41, 5.74) is 0.716. The zero-order valence-corrected chi connectivity index (χ0v) is 14.5. The Kier molecular flexibility index (Phi) is 4.12. The van der Waals surface area contributed by atoms with Crippen LogP contribution < -0.4 is 4.90 Å². The maximum atomic E-state index is 12.6. The summed E-state index contributed by atoms with van der Waals surface area (Å²) in [6.45, 7) is -0.409. The summed E-state index contributed by atoms with van der Waals surface area (Å²) in [5.74, 6) is -0.386. The molecule has 3 aromatic rings. The Bertz CT molecular complexity index is 1000. The predicted octanol–water partition coefficient (Wildman–Crippen LogP) is 2.35. The molecule has 1 fully saturated rings. The van der Waals surface area contributed by atoms with Crippen LogP contribution in [-0.2, 0) is 4.79 Å². The van der Waals surface area contributed by atoms with Gasteiger partial charge in [0.25, 0.3) is 0 Å². The van der Waals surface area contributed by atoms with Gasteiger partial charge in [-0.2, -0.15) is 18.3 Å². The van der Waals surface area contributed by atoms with Gasteiger partial charge < -0.3 is 14.8 Å². The van der Waals surface area contributed by atoms with Crippen molar-refractivity contribution in [1.82, 2.24) is 25.1 Å². The minimum atomic E-state index is -4.41. The second-order valence-corrected chi connectivity index (χ2v) is 6.74. The van der Waals surface area contributed by atoms with Gasteiger partial charge in [-0.1, -0.05) is 0 Å². The van der Waals surface area contributed by atoms with E-state index in [0.29, 0.717) is 31.0 Å². The molecule has 1 atom stereocenters. The third kappa shape index (κ3) is 3.26. The zero-order chi connectivity index (χ0) is 19.2. The molecule has 0 saturated carbocycles. The third-order valence-corrected chi connectivity index (χ3v) is 4.82. The fraction of sp³-hybridized carbons (Fsp3) is 0.412. The molecule has 0 spiro atoms. The first-order valence-electron chi connectivity index (χ1n) is 8.47. The minimum Gasteiger partial charge on any atom is -0.354 e. The summed E-state index contributed by atoms with van der Waals surface area (Å²) in [4.78, 5) is 22.4. The number of nitrogens with zero attached hydrogens (tertiary/aromatic N) is 5. The van der Waals surface area contributed by atoms with Gasteiger partial charge in [0.2, 0.25) is 5.91 Å². The first-order chi connectivity index (χ1) is 12.8. The molecule has 27 heavy (non-hydrogen) atoms. The van der Waals surface area contributed by atoms with Gasteiger partial charge in [0.05, 0.1) is 12.1 Å². The Morgan fingerprint density at radius 3 is 3.00 bits per heavy atom. The highest BCUT2D eigenvalue weighted by Crippen LogP contribution is 2.33. The summed E-state index contributed by atoms with van der Waals surface area (Å²) < 4.78 is 37.7. The van der Waals surface area contributed by atoms with E-state index in [1.54, 1.807) is 18.6 Å². The van der Waals surface area contributed by atoms with E-state index in [1.807, 2.05) is 11.0 Å². The van der Waals surface area contributed by atoms with Crippen LogP contribution in [0, 0.1) is 5.92 Å². The molecule has 0 bridgehead atoms. The monoisotopic (exact) mass is 378 g/mol. The van der Waals surface area contributed by atoms with E-state index >= 15 is 0 Å². The Hall–Kier alpha value is -2.91. The molecule has 7 nitrogen and oxygen atoms in total. The van der Waals surface area contributed by atoms with E-state index < -0.39 is 24.5 Å². The number of alkyl halides is 3. The number of halogens is 3. The van der Waals surface area contributed by atoms with Crippen LogP contribution >= 0.6 is 0 Å². The number of pyridine rings is 1. The zero-order valence-electron chi connectivity index (χ0n) is 14.5. The minimum absolute atomic E-state index is 0.309. The number of hydrogen-bond donors (Lipinski definition) is 1. The van der Waals surface area contributed by atoms with E-state index in [2.05, 4.69) is 20.2 Å². The van der Waals surface area contributed by atoms with Crippen molar-refractivity contribution in [3.8, 4) is 0 Å². The van der Waals surface area contributed by atoms with Gasteiger partial charge in [-0.3, -0.25) is 4.79 Å². The van der Waals surface area contributed by atoms with Crippen LogP contribution in [0.15, 0.2) is 24.7 Å². The molecule has 1 aliphatic rings. The van der Waals surface area contributed by atoms with E-state index in [-0.39, 0.29) is 0 Å². The van der Waals surface area contributed by atoms with Crippen molar-refractivity contribution in [2.45, 2.75) is 12.6 Å². The maximum Gasteiger partial charge on any atom is 0.406 e. The second-order valence-electron chi connectivity index (χ2n) is 6.74. The fourth-order valence-electron chi connectivity index (χ4n) is 3.60. The van der Waals surface area contributed by atoms with E-state index in [0.717, 1.165) is 21.1 Å². The van der Waals surface area contributed by atoms with Crippen LogP contribution in [0.2, 0.25) is 0 Å². The van der Waals surface area contributed by atoms with Gasteiger partial charge in [-0.15, -0.1) is 5.10 Å². The van der Waals surface area contributed by atoms with Crippen molar-refractivity contribution < 1.29 is 18.0 Å². The van der Waals surface area contributed by atoms with Crippen molar-refractivity contribution >= 4 is 33.5 Å². The summed E-state index contributed by atoms with van der Waals surface area (Å²) in [6.07, 6.45) is 1.16. The molecule has 1 saturated heterocycles. The van der Waals surface area contributed by atoms with Crippen molar-refractivity contribution in [2.75, 3.05) is 31.6 Å². The quantitative estimate of drug-likeness (QED) is 0.757. The Balaban J connectivity index is 1.61. The summed E-state index contributed by atoms with van der Waals surface area (Å²) in [6, 6.07) is 1.89. The topological polar surface area (TPSA) is 78.0 Å². The maximum absolute atomic E-state index is 12.6. The van der Waals surface area contributed by atoms with E-state index in [4.69, 9.17) is 0 Å². The molecule has 142 valence electrons. The Morgan fingerprint density at radius 2 is 2.22 bits per heavy atom. The molecule has 3 aromatic heterocycles. The molecule has 0 radical (unpaired) electrons. The number of aromatic amines is 1. The van der Waals surface area contributed by atoms with Crippen molar-refractivity contribution in [1.29, 1.82) is 0 Å². The molecule has 10 heteroatoms. The number of amides is 1. The number of anilines is 1. The highest BCUT2D eigenvalue weighted by Gasteiger charge is 2.36. The van der Waals surface area contributed by atoms with Crippen LogP contribution in [0.5, 0.6) is 0 Å². The SMILES string of the molecule is CN(CC(F)(F)F)C(=O)C1CCN(c2nncc3cnc4[nH]ccc4c23)C1. The van der Waals surface area contributed by atoms with Gasteiger partial charge in [-0.25, -0.2) is 4.98 Å². The lowest BCUT2D eigenvalue weighted by Gasteiger charge is -2.23. The molecule has 4 heterocycles. The largest absolute Gasteiger partial charge is 0.406 e. The first-order valence-corrected chi connectivity index (χ1v) is 8.47. The molecule has 1 aliphatic heterocycles. The fourth-order valence-corrected chi connectivity index (χ4v) is 3.60. The van der Waals surface area contributed by atoms with E-state index in [9.17, 15) is 18.0 Å². The lowest BCUT2D eigenvalue weighted by Crippen LogP contribution is -2.40. The van der Waals surface area contributed by atoms with Gasteiger partial charge in [-0.05, 0) is 12.5 Å². The highest BCUT2D eigenvalue weighted by molar-refractivity contribution is 6.10. The second kappa shape index (κ2) is 6.36. The van der Waals surface area contributed by atoms with Crippen LogP contribution in [-0.4, -0.2) is 63.8 Å².